The third-order valence-electron chi connectivity index (χ3n) is 2.52. The molecule has 0 aliphatic carbocycles. The number of halogens is 1. The summed E-state index contributed by atoms with van der Waals surface area (Å²) in [6.07, 6.45) is 0.425. The van der Waals surface area contributed by atoms with Gasteiger partial charge in [-0.1, -0.05) is 0 Å². The van der Waals surface area contributed by atoms with E-state index in [1.54, 1.807) is 0 Å². The third kappa shape index (κ3) is 5.45. The molecule has 0 unspecified atom stereocenters. The molecular formula is C12H14FNO6S2. The molecule has 1 rings (SSSR count). The molecule has 0 spiro atoms. The minimum Gasteiger partial charge on any atom is -0.465 e. The molecule has 0 aromatic heterocycles. The number of nitrogens with one attached hydrogen (secondary N) is 1. The number of amides is 1. The summed E-state index contributed by atoms with van der Waals surface area (Å²) in [6, 6.07) is 4.40. The molecule has 10 heteroatoms. The van der Waals surface area contributed by atoms with Gasteiger partial charge in [-0.2, -0.15) is 0 Å². The van der Waals surface area contributed by atoms with Crippen molar-refractivity contribution in [3.63, 3.8) is 0 Å². The monoisotopic (exact) mass is 351 g/mol. The zero-order valence-electron chi connectivity index (χ0n) is 11.5. The van der Waals surface area contributed by atoms with E-state index in [2.05, 4.69) is 0 Å². The van der Waals surface area contributed by atoms with Gasteiger partial charge >= 0.3 is 6.09 Å². The molecular weight excluding hydrogens is 337 g/mol. The first-order chi connectivity index (χ1) is 10.0. The summed E-state index contributed by atoms with van der Waals surface area (Å²) in [6.45, 7) is -0.357. The number of rotatable bonds is 6. The zero-order chi connectivity index (χ0) is 17.0. The van der Waals surface area contributed by atoms with E-state index in [-0.39, 0.29) is 16.3 Å². The molecule has 0 atom stereocenters. The van der Waals surface area contributed by atoms with Crippen molar-refractivity contribution in [2.24, 2.45) is 0 Å². The third-order valence-corrected chi connectivity index (χ3v) is 5.29. The van der Waals surface area contributed by atoms with E-state index in [1.165, 1.54) is 0 Å². The highest BCUT2D eigenvalue weighted by molar-refractivity contribution is 7.91. The maximum absolute atomic E-state index is 13.5. The van der Waals surface area contributed by atoms with Crippen molar-refractivity contribution in [1.82, 2.24) is 5.32 Å². The van der Waals surface area contributed by atoms with Crippen LogP contribution >= 0.6 is 0 Å². The Morgan fingerprint density at radius 1 is 1.18 bits per heavy atom. The van der Waals surface area contributed by atoms with Gasteiger partial charge in [0, 0.05) is 12.8 Å². The Hall–Kier alpha value is -1.94. The van der Waals surface area contributed by atoms with Gasteiger partial charge in [0.15, 0.2) is 19.7 Å². The van der Waals surface area contributed by atoms with Crippen LogP contribution in [0.3, 0.4) is 0 Å². The van der Waals surface area contributed by atoms with Crippen LogP contribution < -0.4 is 5.32 Å². The highest BCUT2D eigenvalue weighted by Crippen LogP contribution is 2.17. The van der Waals surface area contributed by atoms with Gasteiger partial charge in [0.1, 0.15) is 11.6 Å². The molecule has 2 N–H and O–H groups in total. The Kier molecular flexibility index (Phi) is 5.66. The Morgan fingerprint density at radius 3 is 2.14 bits per heavy atom. The molecule has 1 aromatic carbocycles. The maximum Gasteiger partial charge on any atom is 0.404 e. The first-order valence-corrected chi connectivity index (χ1v) is 9.41. The lowest BCUT2D eigenvalue weighted by Gasteiger charge is -2.04. The molecule has 0 heterocycles. The van der Waals surface area contributed by atoms with Crippen molar-refractivity contribution < 1.29 is 31.1 Å². The molecule has 0 aliphatic heterocycles. The topological polar surface area (TPSA) is 118 Å². The van der Waals surface area contributed by atoms with Gasteiger partial charge in [0.2, 0.25) is 0 Å². The first-order valence-electron chi connectivity index (χ1n) is 5.86. The normalized spacial score (nSPS) is 12.9. The Bertz CT molecular complexity index is 781. The lowest BCUT2D eigenvalue weighted by atomic mass is 10.4. The van der Waals surface area contributed by atoms with Crippen LogP contribution in [0.25, 0.3) is 0 Å². The number of hydrogen-bond donors (Lipinski definition) is 2. The minimum absolute atomic E-state index is 0.0480. The van der Waals surface area contributed by atoms with Crippen molar-refractivity contribution in [2.75, 3.05) is 18.6 Å². The number of sulfone groups is 2. The second kappa shape index (κ2) is 6.88. The van der Waals surface area contributed by atoms with Gasteiger partial charge < -0.3 is 10.4 Å². The second-order valence-electron chi connectivity index (χ2n) is 4.34. The largest absolute Gasteiger partial charge is 0.465 e. The minimum atomic E-state index is -3.99. The van der Waals surface area contributed by atoms with E-state index in [0.717, 1.165) is 36.6 Å². The van der Waals surface area contributed by atoms with Crippen LogP contribution in [0.4, 0.5) is 9.18 Å². The van der Waals surface area contributed by atoms with Crippen molar-refractivity contribution in [1.29, 1.82) is 0 Å². The Balaban J connectivity index is 2.89. The summed E-state index contributed by atoms with van der Waals surface area (Å²) in [5.74, 6) is -1.95. The summed E-state index contributed by atoms with van der Waals surface area (Å²) in [5.41, 5.74) is 0. The fourth-order valence-electron chi connectivity index (χ4n) is 1.47. The molecule has 0 aliphatic rings. The molecule has 0 bridgehead atoms. The molecule has 1 aromatic rings. The standard InChI is InChI=1S/C12H14FNO6S2/c1-21(17,18)10-2-4-11(5-3-10)22(19,20)8-9(13)6-7-14-12(15)16/h2-6,14H,7-8H2,1H3,(H,15,16)/b9-6-. The van der Waals surface area contributed by atoms with Crippen LogP contribution in [0.15, 0.2) is 46.0 Å². The van der Waals surface area contributed by atoms with Crippen LogP contribution in [0, 0.1) is 0 Å². The SMILES string of the molecule is CS(=O)(=O)c1ccc(S(=O)(=O)C/C(F)=C/CNC(=O)O)cc1. The fourth-order valence-corrected chi connectivity index (χ4v) is 3.30. The van der Waals surface area contributed by atoms with Gasteiger partial charge in [0.05, 0.1) is 9.79 Å². The van der Waals surface area contributed by atoms with Crippen LogP contribution in [-0.2, 0) is 19.7 Å². The van der Waals surface area contributed by atoms with Gasteiger partial charge in [-0.05, 0) is 30.3 Å². The molecule has 0 saturated carbocycles. The number of carbonyl (C=O) groups is 1. The van der Waals surface area contributed by atoms with Crippen molar-refractivity contribution in [3.8, 4) is 0 Å². The van der Waals surface area contributed by atoms with E-state index in [0.29, 0.717) is 0 Å². The summed E-state index contributed by atoms with van der Waals surface area (Å²) >= 11 is 0. The highest BCUT2D eigenvalue weighted by atomic mass is 32.2. The maximum atomic E-state index is 13.5. The summed E-state index contributed by atoms with van der Waals surface area (Å²) in [7, 11) is -7.44. The van der Waals surface area contributed by atoms with Crippen molar-refractivity contribution in [2.45, 2.75) is 9.79 Å². The van der Waals surface area contributed by atoms with Gasteiger partial charge in [0.25, 0.3) is 0 Å². The van der Waals surface area contributed by atoms with Gasteiger partial charge in [-0.15, -0.1) is 0 Å². The van der Waals surface area contributed by atoms with Crippen LogP contribution in [-0.4, -0.2) is 46.6 Å². The van der Waals surface area contributed by atoms with Crippen LogP contribution in [0.5, 0.6) is 0 Å². The Labute approximate surface area is 127 Å². The molecule has 0 fully saturated rings. The van der Waals surface area contributed by atoms with Crippen molar-refractivity contribution >= 4 is 25.8 Å². The average Bonchev–Trinajstić information content (AvgIpc) is 2.36. The van der Waals surface area contributed by atoms with E-state index in [4.69, 9.17) is 5.11 Å². The number of hydrogen-bond acceptors (Lipinski definition) is 5. The highest BCUT2D eigenvalue weighted by Gasteiger charge is 2.18. The lowest BCUT2D eigenvalue weighted by Crippen LogP contribution is -2.21. The fraction of sp³-hybridized carbons (Fsp3) is 0.250. The second-order valence-corrected chi connectivity index (χ2v) is 8.35. The molecule has 122 valence electrons. The zero-order valence-corrected chi connectivity index (χ0v) is 13.1. The molecule has 22 heavy (non-hydrogen) atoms. The van der Waals surface area contributed by atoms with Crippen molar-refractivity contribution in [3.05, 3.63) is 36.2 Å². The van der Waals surface area contributed by atoms with Gasteiger partial charge in [-0.3, -0.25) is 0 Å². The molecule has 1 amide bonds. The summed E-state index contributed by atoms with van der Waals surface area (Å²) in [4.78, 5) is 9.90. The quantitative estimate of drug-likeness (QED) is 0.789. The van der Waals surface area contributed by atoms with E-state index in [9.17, 15) is 26.0 Å². The molecule has 0 radical (unpaired) electrons. The number of carboxylic acid groups (broad SMARTS) is 1. The van der Waals surface area contributed by atoms with E-state index < -0.39 is 37.3 Å². The van der Waals surface area contributed by atoms with Crippen LogP contribution in [0.2, 0.25) is 0 Å². The molecule has 0 saturated heterocycles. The summed E-state index contributed by atoms with van der Waals surface area (Å²) < 4.78 is 59.9. The van der Waals surface area contributed by atoms with Crippen LogP contribution in [0.1, 0.15) is 0 Å². The predicted octanol–water partition coefficient (Wildman–Crippen LogP) is 0.985. The Morgan fingerprint density at radius 2 is 1.68 bits per heavy atom. The van der Waals surface area contributed by atoms with E-state index in [1.807, 2.05) is 5.32 Å². The number of benzene rings is 1. The summed E-state index contributed by atoms with van der Waals surface area (Å²) in [5, 5.41) is 10.2. The lowest BCUT2D eigenvalue weighted by molar-refractivity contribution is 0.195. The smallest absolute Gasteiger partial charge is 0.404 e. The average molecular weight is 351 g/mol. The first kappa shape index (κ1) is 18.1. The molecule has 7 nitrogen and oxygen atoms in total. The van der Waals surface area contributed by atoms with E-state index >= 15 is 0 Å². The van der Waals surface area contributed by atoms with Gasteiger partial charge in [-0.25, -0.2) is 26.0 Å². The predicted molar refractivity (Wildman–Crippen MR) is 76.8 cm³/mol.